The number of carboxylic acid groups (broad SMARTS) is 2. The molecule has 0 saturated carbocycles. The van der Waals surface area contributed by atoms with E-state index in [4.69, 9.17) is 19.7 Å². The topological polar surface area (TPSA) is 127 Å². The smallest absolute Gasteiger partial charge is 0.338 e. The van der Waals surface area contributed by atoms with E-state index in [9.17, 15) is 14.4 Å². The molecule has 2 unspecified atom stereocenters. The Morgan fingerprint density at radius 3 is 1.30 bits per heavy atom. The lowest BCUT2D eigenvalue weighted by Gasteiger charge is -2.40. The van der Waals surface area contributed by atoms with Crippen LogP contribution in [0, 0.1) is 11.3 Å². The van der Waals surface area contributed by atoms with E-state index in [0.29, 0.717) is 17.9 Å². The van der Waals surface area contributed by atoms with Crippen molar-refractivity contribution >= 4 is 23.9 Å². The Balaban J connectivity index is 2.21. The van der Waals surface area contributed by atoms with Gasteiger partial charge in [0.2, 0.25) is 0 Å². The summed E-state index contributed by atoms with van der Waals surface area (Å²) in [6.07, 6.45) is 40.5. The van der Waals surface area contributed by atoms with Crippen molar-refractivity contribution < 1.29 is 38.9 Å². The highest BCUT2D eigenvalue weighted by molar-refractivity contribution is 5.89. The molecule has 8 nitrogen and oxygen atoms in total. The van der Waals surface area contributed by atoms with Crippen LogP contribution in [0.2, 0.25) is 0 Å². The highest BCUT2D eigenvalue weighted by atomic mass is 16.5. The SMILES string of the molecule is CCCCCCCCCC(Cc1ccccc1)C(CCCCCCCCCCCCCCCC(=O)O)(CCCCCCCCCCCCCC(=O)O)C(=O)Oc1ccc(C(=O)OCCC)cc1. The molecule has 2 aromatic carbocycles. The van der Waals surface area contributed by atoms with Crippen LogP contribution in [0.1, 0.15) is 267 Å². The van der Waals surface area contributed by atoms with E-state index in [-0.39, 0.29) is 30.7 Å². The Kier molecular flexibility index (Phi) is 35.7. The second kappa shape index (κ2) is 40.2. The number of benzene rings is 2. The largest absolute Gasteiger partial charge is 0.481 e. The zero-order valence-corrected chi connectivity index (χ0v) is 42.7. The summed E-state index contributed by atoms with van der Waals surface area (Å²) < 4.78 is 11.9. The molecule has 0 bridgehead atoms. The Morgan fingerprint density at radius 2 is 0.881 bits per heavy atom. The second-order valence-electron chi connectivity index (χ2n) is 19.8. The summed E-state index contributed by atoms with van der Waals surface area (Å²) >= 11 is 0. The Labute approximate surface area is 408 Å². The maximum absolute atomic E-state index is 15.2. The average molecular weight is 933 g/mol. The monoisotopic (exact) mass is 933 g/mol. The van der Waals surface area contributed by atoms with Crippen LogP contribution in [0.25, 0.3) is 0 Å². The van der Waals surface area contributed by atoms with Gasteiger partial charge in [0.1, 0.15) is 5.75 Å². The summed E-state index contributed by atoms with van der Waals surface area (Å²) in [6, 6.07) is 17.7. The quantitative estimate of drug-likeness (QED) is 0.0382. The van der Waals surface area contributed by atoms with Crippen LogP contribution in [0.3, 0.4) is 0 Å². The summed E-state index contributed by atoms with van der Waals surface area (Å²) in [7, 11) is 0. The van der Waals surface area contributed by atoms with Crippen LogP contribution < -0.4 is 4.74 Å². The maximum atomic E-state index is 15.2. The first kappa shape index (κ1) is 59.4. The first-order valence-corrected chi connectivity index (χ1v) is 27.7. The Hall–Kier alpha value is -3.68. The normalized spacial score (nSPS) is 12.7. The fourth-order valence-corrected chi connectivity index (χ4v) is 9.84. The molecule has 0 amide bonds. The van der Waals surface area contributed by atoms with Gasteiger partial charge in [0.15, 0.2) is 0 Å². The van der Waals surface area contributed by atoms with Gasteiger partial charge in [0, 0.05) is 12.8 Å². The van der Waals surface area contributed by atoms with Crippen LogP contribution in [0.5, 0.6) is 5.75 Å². The maximum Gasteiger partial charge on any atom is 0.338 e. The molecule has 0 aliphatic carbocycles. The number of ether oxygens (including phenoxy) is 2. The number of carboxylic acids is 2. The number of hydrogen-bond donors (Lipinski definition) is 2. The first-order valence-electron chi connectivity index (χ1n) is 27.7. The second-order valence-corrected chi connectivity index (χ2v) is 19.8. The fourth-order valence-electron chi connectivity index (χ4n) is 9.84. The van der Waals surface area contributed by atoms with E-state index in [0.717, 1.165) is 109 Å². The molecule has 2 aromatic rings. The van der Waals surface area contributed by atoms with Gasteiger partial charge in [-0.25, -0.2) is 4.79 Å². The predicted molar refractivity (Wildman–Crippen MR) is 276 cm³/mol. The molecule has 0 heterocycles. The van der Waals surface area contributed by atoms with E-state index < -0.39 is 17.4 Å². The van der Waals surface area contributed by atoms with E-state index in [1.807, 2.05) is 6.92 Å². The van der Waals surface area contributed by atoms with Crippen LogP contribution in [-0.2, 0) is 25.5 Å². The standard InChI is InChI=1S/C59H96O8/c1-3-5-6-7-20-25-33-40-53(50-51-38-31-30-32-39-51)59(48-37-29-24-19-15-11-13-17-22-27-35-42-56(62)63,58(65)67-54-45-43-52(44-46-54)57(64)66-49-4-2)47-36-28-23-18-14-10-8-9-12-16-21-26-34-41-55(60)61/h30-32,38-39,43-46,53H,3-29,33-37,40-42,47-50H2,1-2H3,(H,60,61)(H,62,63). The molecule has 0 fully saturated rings. The molecular formula is C59H96O8. The van der Waals surface area contributed by atoms with Gasteiger partial charge >= 0.3 is 23.9 Å². The lowest BCUT2D eigenvalue weighted by atomic mass is 9.64. The summed E-state index contributed by atoms with van der Waals surface area (Å²) in [5.41, 5.74) is 1.11. The van der Waals surface area contributed by atoms with Gasteiger partial charge in [-0.1, -0.05) is 230 Å². The zero-order chi connectivity index (χ0) is 48.5. The highest BCUT2D eigenvalue weighted by Gasteiger charge is 2.46. The van der Waals surface area contributed by atoms with Crippen molar-refractivity contribution in [2.75, 3.05) is 6.61 Å². The summed E-state index contributed by atoms with van der Waals surface area (Å²) in [5.74, 6) is -1.23. The van der Waals surface area contributed by atoms with Crippen molar-refractivity contribution in [3.8, 4) is 5.75 Å². The molecule has 0 aliphatic heterocycles. The zero-order valence-electron chi connectivity index (χ0n) is 42.7. The minimum Gasteiger partial charge on any atom is -0.481 e. The molecular weight excluding hydrogens is 837 g/mol. The highest BCUT2D eigenvalue weighted by Crippen LogP contribution is 2.45. The van der Waals surface area contributed by atoms with Crippen molar-refractivity contribution in [2.24, 2.45) is 11.3 Å². The van der Waals surface area contributed by atoms with Gasteiger partial charge in [0.05, 0.1) is 17.6 Å². The molecule has 2 rings (SSSR count). The van der Waals surface area contributed by atoms with Crippen molar-refractivity contribution in [1.29, 1.82) is 0 Å². The number of aliphatic carboxylic acids is 2. The minimum atomic E-state index is -0.698. The average Bonchev–Trinajstić information content (AvgIpc) is 3.32. The van der Waals surface area contributed by atoms with Crippen LogP contribution in [0.4, 0.5) is 0 Å². The number of hydrogen-bond acceptors (Lipinski definition) is 6. The van der Waals surface area contributed by atoms with Crippen LogP contribution in [0.15, 0.2) is 54.6 Å². The number of rotatable bonds is 46. The summed E-state index contributed by atoms with van der Waals surface area (Å²) in [4.78, 5) is 49.4. The minimum absolute atomic E-state index is 0.108. The lowest BCUT2D eigenvalue weighted by Crippen LogP contribution is -2.43. The van der Waals surface area contributed by atoms with Gasteiger partial charge in [0.25, 0.3) is 0 Å². The van der Waals surface area contributed by atoms with E-state index in [1.165, 1.54) is 128 Å². The van der Waals surface area contributed by atoms with Gasteiger partial charge in [-0.2, -0.15) is 0 Å². The van der Waals surface area contributed by atoms with E-state index >= 15 is 4.79 Å². The third-order valence-corrected chi connectivity index (χ3v) is 13.9. The van der Waals surface area contributed by atoms with Gasteiger partial charge in [-0.3, -0.25) is 14.4 Å². The molecule has 0 radical (unpaired) electrons. The van der Waals surface area contributed by atoms with Gasteiger partial charge in [-0.15, -0.1) is 0 Å². The van der Waals surface area contributed by atoms with E-state index in [1.54, 1.807) is 24.3 Å². The Morgan fingerprint density at radius 1 is 0.478 bits per heavy atom. The van der Waals surface area contributed by atoms with Crippen LogP contribution >= 0.6 is 0 Å². The van der Waals surface area contributed by atoms with Crippen molar-refractivity contribution in [3.63, 3.8) is 0 Å². The number of carbonyl (C=O) groups excluding carboxylic acids is 2. The van der Waals surface area contributed by atoms with E-state index in [2.05, 4.69) is 37.3 Å². The number of carbonyl (C=O) groups is 4. The number of esters is 2. The van der Waals surface area contributed by atoms with Crippen molar-refractivity contribution in [2.45, 2.75) is 258 Å². The third-order valence-electron chi connectivity index (χ3n) is 13.9. The number of unbranched alkanes of at least 4 members (excludes halogenated alkanes) is 28. The third kappa shape index (κ3) is 29.7. The predicted octanol–water partition coefficient (Wildman–Crippen LogP) is 17.2. The lowest BCUT2D eigenvalue weighted by molar-refractivity contribution is -0.151. The van der Waals surface area contributed by atoms with Gasteiger partial charge < -0.3 is 19.7 Å². The fraction of sp³-hybridized carbons (Fsp3) is 0.729. The summed E-state index contributed by atoms with van der Waals surface area (Å²) in [6.45, 7) is 4.61. The first-order chi connectivity index (χ1) is 32.7. The Bertz CT molecular complexity index is 1520. The van der Waals surface area contributed by atoms with Crippen molar-refractivity contribution in [3.05, 3.63) is 65.7 Å². The molecule has 0 saturated heterocycles. The van der Waals surface area contributed by atoms with Crippen LogP contribution in [-0.4, -0.2) is 40.7 Å². The summed E-state index contributed by atoms with van der Waals surface area (Å²) in [5, 5.41) is 17.7. The molecule has 67 heavy (non-hydrogen) atoms. The molecule has 0 aliphatic rings. The molecule has 0 spiro atoms. The molecule has 2 atom stereocenters. The van der Waals surface area contributed by atoms with Crippen molar-refractivity contribution in [1.82, 2.24) is 0 Å². The molecule has 2 N–H and O–H groups in total. The molecule has 0 aromatic heterocycles. The van der Waals surface area contributed by atoms with Gasteiger partial charge in [-0.05, 0) is 80.7 Å². The molecule has 380 valence electrons. The molecule has 8 heteroatoms.